The Labute approximate surface area is 93.5 Å². The van der Waals surface area contributed by atoms with Crippen molar-refractivity contribution in [3.63, 3.8) is 0 Å². The minimum Gasteiger partial charge on any atom is -0.480 e. The SMILES string of the molecule is CC(C)S(=O)(=O)N1CC(=O)NCC1C(=O)O. The van der Waals surface area contributed by atoms with Crippen molar-refractivity contribution < 1.29 is 23.1 Å². The molecule has 1 amide bonds. The van der Waals surface area contributed by atoms with Crippen molar-refractivity contribution in [1.29, 1.82) is 0 Å². The van der Waals surface area contributed by atoms with E-state index in [1.54, 1.807) is 0 Å². The molecule has 1 rings (SSSR count). The molecular weight excluding hydrogens is 236 g/mol. The normalized spacial score (nSPS) is 23.2. The fourth-order valence-corrected chi connectivity index (χ4v) is 2.73. The van der Waals surface area contributed by atoms with Gasteiger partial charge in [0.2, 0.25) is 15.9 Å². The number of piperazine rings is 1. The molecular formula is C8H14N2O5S. The average molecular weight is 250 g/mol. The molecule has 1 heterocycles. The molecule has 7 nitrogen and oxygen atoms in total. The van der Waals surface area contributed by atoms with Gasteiger partial charge < -0.3 is 10.4 Å². The highest BCUT2D eigenvalue weighted by atomic mass is 32.2. The largest absolute Gasteiger partial charge is 0.480 e. The molecule has 0 aromatic carbocycles. The van der Waals surface area contributed by atoms with Gasteiger partial charge in [-0.1, -0.05) is 0 Å². The molecule has 92 valence electrons. The second-order valence-corrected chi connectivity index (χ2v) is 6.24. The Balaban J connectivity index is 3.05. The molecule has 1 aliphatic heterocycles. The minimum absolute atomic E-state index is 0.194. The first-order valence-electron chi connectivity index (χ1n) is 4.77. The summed E-state index contributed by atoms with van der Waals surface area (Å²) in [7, 11) is -3.74. The second-order valence-electron chi connectivity index (χ2n) is 3.80. The number of sulfonamides is 1. The van der Waals surface area contributed by atoms with Crippen LogP contribution in [-0.4, -0.2) is 54.1 Å². The highest BCUT2D eigenvalue weighted by Gasteiger charge is 2.40. The van der Waals surface area contributed by atoms with E-state index in [1.807, 2.05) is 0 Å². The van der Waals surface area contributed by atoms with Crippen LogP contribution < -0.4 is 5.32 Å². The van der Waals surface area contributed by atoms with Crippen molar-refractivity contribution in [2.75, 3.05) is 13.1 Å². The Morgan fingerprint density at radius 2 is 2.12 bits per heavy atom. The van der Waals surface area contributed by atoms with Gasteiger partial charge >= 0.3 is 5.97 Å². The number of rotatable bonds is 3. The number of nitrogens with zero attached hydrogens (tertiary/aromatic N) is 1. The summed E-state index contributed by atoms with van der Waals surface area (Å²) >= 11 is 0. The van der Waals surface area contributed by atoms with E-state index in [0.717, 1.165) is 4.31 Å². The van der Waals surface area contributed by atoms with Gasteiger partial charge in [0.1, 0.15) is 6.04 Å². The lowest BCUT2D eigenvalue weighted by molar-refractivity contribution is -0.143. The van der Waals surface area contributed by atoms with Crippen molar-refractivity contribution >= 4 is 21.9 Å². The first-order valence-corrected chi connectivity index (χ1v) is 6.27. The maximum atomic E-state index is 11.8. The lowest BCUT2D eigenvalue weighted by Gasteiger charge is -2.32. The van der Waals surface area contributed by atoms with E-state index < -0.39 is 39.7 Å². The molecule has 0 aromatic rings. The molecule has 0 aromatic heterocycles. The Kier molecular flexibility index (Phi) is 3.54. The zero-order valence-corrected chi connectivity index (χ0v) is 9.82. The van der Waals surface area contributed by atoms with Crippen molar-refractivity contribution in [1.82, 2.24) is 9.62 Å². The fourth-order valence-electron chi connectivity index (χ4n) is 1.37. The standard InChI is InChI=1S/C8H14N2O5S/c1-5(2)16(14,15)10-4-7(11)9-3-6(10)8(12)13/h5-6H,3-4H2,1-2H3,(H,9,11)(H,12,13). The number of carboxylic acid groups (broad SMARTS) is 1. The molecule has 1 fully saturated rings. The Bertz CT molecular complexity index is 403. The molecule has 8 heteroatoms. The van der Waals surface area contributed by atoms with Crippen LogP contribution in [0.25, 0.3) is 0 Å². The molecule has 1 atom stereocenters. The highest BCUT2D eigenvalue weighted by Crippen LogP contribution is 2.15. The number of nitrogens with one attached hydrogen (secondary N) is 1. The zero-order valence-electron chi connectivity index (χ0n) is 9.00. The predicted molar refractivity (Wildman–Crippen MR) is 55.2 cm³/mol. The minimum atomic E-state index is -3.74. The summed E-state index contributed by atoms with van der Waals surface area (Å²) in [6, 6.07) is -1.22. The van der Waals surface area contributed by atoms with Gasteiger partial charge in [-0.3, -0.25) is 9.59 Å². The quantitative estimate of drug-likeness (QED) is 0.641. The van der Waals surface area contributed by atoms with Gasteiger partial charge in [-0.2, -0.15) is 4.31 Å². The van der Waals surface area contributed by atoms with E-state index in [9.17, 15) is 18.0 Å². The average Bonchev–Trinajstić information content (AvgIpc) is 2.16. The van der Waals surface area contributed by atoms with E-state index in [4.69, 9.17) is 5.11 Å². The summed E-state index contributed by atoms with van der Waals surface area (Å²) in [5.41, 5.74) is 0. The molecule has 1 saturated heterocycles. The predicted octanol–water partition coefficient (Wildman–Crippen LogP) is -1.39. The van der Waals surface area contributed by atoms with Gasteiger partial charge in [-0.15, -0.1) is 0 Å². The van der Waals surface area contributed by atoms with Crippen molar-refractivity contribution in [2.45, 2.75) is 25.1 Å². The highest BCUT2D eigenvalue weighted by molar-refractivity contribution is 7.89. The summed E-state index contributed by atoms with van der Waals surface area (Å²) in [4.78, 5) is 22.0. The van der Waals surface area contributed by atoms with E-state index in [0.29, 0.717) is 0 Å². The van der Waals surface area contributed by atoms with Crippen LogP contribution in [-0.2, 0) is 19.6 Å². The van der Waals surface area contributed by atoms with E-state index >= 15 is 0 Å². The lowest BCUT2D eigenvalue weighted by Crippen LogP contribution is -2.60. The third-order valence-corrected chi connectivity index (χ3v) is 4.58. The van der Waals surface area contributed by atoms with Gasteiger partial charge in [0.05, 0.1) is 11.8 Å². The van der Waals surface area contributed by atoms with Crippen LogP contribution in [0.5, 0.6) is 0 Å². The maximum absolute atomic E-state index is 11.8. The summed E-state index contributed by atoms with van der Waals surface area (Å²) in [6.45, 7) is 2.26. The van der Waals surface area contributed by atoms with E-state index in [1.165, 1.54) is 13.8 Å². The van der Waals surface area contributed by atoms with Crippen LogP contribution in [0.2, 0.25) is 0 Å². The molecule has 0 radical (unpaired) electrons. The maximum Gasteiger partial charge on any atom is 0.323 e. The summed E-state index contributed by atoms with van der Waals surface area (Å²) < 4.78 is 24.4. The number of carbonyl (C=O) groups excluding carboxylic acids is 1. The van der Waals surface area contributed by atoms with Crippen molar-refractivity contribution in [2.24, 2.45) is 0 Å². The molecule has 16 heavy (non-hydrogen) atoms. The van der Waals surface area contributed by atoms with Gasteiger partial charge in [0, 0.05) is 6.54 Å². The fraction of sp³-hybridized carbons (Fsp3) is 0.750. The lowest BCUT2D eigenvalue weighted by atomic mass is 10.2. The first-order chi connectivity index (χ1) is 7.26. The van der Waals surface area contributed by atoms with Crippen LogP contribution in [0.1, 0.15) is 13.8 Å². The Morgan fingerprint density at radius 3 is 2.56 bits per heavy atom. The topological polar surface area (TPSA) is 104 Å². The number of hydrogen-bond donors (Lipinski definition) is 2. The van der Waals surface area contributed by atoms with Gasteiger partial charge in [0.15, 0.2) is 0 Å². The molecule has 2 N–H and O–H groups in total. The van der Waals surface area contributed by atoms with Crippen LogP contribution in [0.3, 0.4) is 0 Å². The van der Waals surface area contributed by atoms with E-state index in [2.05, 4.69) is 5.32 Å². The Morgan fingerprint density at radius 1 is 1.56 bits per heavy atom. The Hall–Kier alpha value is -1.15. The van der Waals surface area contributed by atoms with Crippen molar-refractivity contribution in [3.05, 3.63) is 0 Å². The summed E-state index contributed by atoms with van der Waals surface area (Å²) in [5, 5.41) is 10.5. The monoisotopic (exact) mass is 250 g/mol. The van der Waals surface area contributed by atoms with Gasteiger partial charge in [-0.05, 0) is 13.8 Å². The molecule has 0 bridgehead atoms. The van der Waals surface area contributed by atoms with E-state index in [-0.39, 0.29) is 6.54 Å². The zero-order chi connectivity index (χ0) is 12.5. The molecule has 0 saturated carbocycles. The molecule has 1 aliphatic rings. The molecule has 0 spiro atoms. The number of hydrogen-bond acceptors (Lipinski definition) is 4. The summed E-state index contributed by atoms with van der Waals surface area (Å²) in [5.74, 6) is -1.74. The first kappa shape index (κ1) is 12.9. The number of carboxylic acids is 1. The van der Waals surface area contributed by atoms with Gasteiger partial charge in [0.25, 0.3) is 0 Å². The number of amides is 1. The third-order valence-electron chi connectivity index (χ3n) is 2.35. The van der Waals surface area contributed by atoms with Crippen LogP contribution in [0.15, 0.2) is 0 Å². The second kappa shape index (κ2) is 4.38. The molecule has 1 unspecified atom stereocenters. The van der Waals surface area contributed by atoms with Crippen LogP contribution in [0.4, 0.5) is 0 Å². The number of carbonyl (C=O) groups is 2. The third kappa shape index (κ3) is 2.33. The smallest absolute Gasteiger partial charge is 0.323 e. The van der Waals surface area contributed by atoms with Crippen molar-refractivity contribution in [3.8, 4) is 0 Å². The van der Waals surface area contributed by atoms with Crippen LogP contribution >= 0.6 is 0 Å². The van der Waals surface area contributed by atoms with Gasteiger partial charge in [-0.25, -0.2) is 8.42 Å². The molecule has 0 aliphatic carbocycles. The summed E-state index contributed by atoms with van der Waals surface area (Å²) in [6.07, 6.45) is 0. The van der Waals surface area contributed by atoms with Crippen LogP contribution in [0, 0.1) is 0 Å². The number of aliphatic carboxylic acids is 1.